The zero-order valence-corrected chi connectivity index (χ0v) is 28.4. The maximum atomic E-state index is 5.21. The van der Waals surface area contributed by atoms with E-state index in [4.69, 9.17) is 15.0 Å². The van der Waals surface area contributed by atoms with Gasteiger partial charge in [0.1, 0.15) is 0 Å². The summed E-state index contributed by atoms with van der Waals surface area (Å²) in [5.41, 5.74) is 7.58. The number of aromatic nitrogens is 3. The lowest BCUT2D eigenvalue weighted by Gasteiger charge is -2.11. The van der Waals surface area contributed by atoms with E-state index in [1.165, 1.54) is 51.5 Å². The molecule has 0 radical (unpaired) electrons. The molecule has 10 aromatic rings. The average molecular weight is 674 g/mol. The topological polar surface area (TPSA) is 38.7 Å². The minimum absolute atomic E-state index is 0.652. The first-order valence-corrected chi connectivity index (χ1v) is 18.2. The zero-order chi connectivity index (χ0) is 33.0. The predicted molar refractivity (Wildman–Crippen MR) is 213 cm³/mol. The van der Waals surface area contributed by atoms with Gasteiger partial charge >= 0.3 is 0 Å². The number of hydrogen-bond donors (Lipinski definition) is 0. The van der Waals surface area contributed by atoms with Gasteiger partial charge in [-0.05, 0) is 70.8 Å². The first-order valence-electron chi connectivity index (χ1n) is 16.6. The van der Waals surface area contributed by atoms with Gasteiger partial charge < -0.3 is 0 Å². The fraction of sp³-hybridized carbons (Fsp3) is 0. The summed E-state index contributed by atoms with van der Waals surface area (Å²) >= 11 is 3.61. The van der Waals surface area contributed by atoms with Crippen molar-refractivity contribution in [3.63, 3.8) is 0 Å². The van der Waals surface area contributed by atoms with Crippen molar-refractivity contribution < 1.29 is 0 Å². The van der Waals surface area contributed by atoms with Gasteiger partial charge in [-0.1, -0.05) is 115 Å². The molecule has 0 aliphatic rings. The highest BCUT2D eigenvalue weighted by Crippen LogP contribution is 2.41. The Morgan fingerprint density at radius 3 is 1.56 bits per heavy atom. The Labute approximate surface area is 296 Å². The van der Waals surface area contributed by atoms with E-state index in [9.17, 15) is 0 Å². The van der Waals surface area contributed by atoms with Gasteiger partial charge in [-0.3, -0.25) is 0 Å². The van der Waals surface area contributed by atoms with Gasteiger partial charge in [-0.2, -0.15) is 0 Å². The molecule has 0 saturated heterocycles. The molecule has 0 aliphatic heterocycles. The highest BCUT2D eigenvalue weighted by molar-refractivity contribution is 7.26. The maximum Gasteiger partial charge on any atom is 0.165 e. The largest absolute Gasteiger partial charge is 0.208 e. The number of nitrogens with zero attached hydrogens (tertiary/aromatic N) is 3. The lowest BCUT2D eigenvalue weighted by atomic mass is 9.98. The van der Waals surface area contributed by atoms with Crippen molar-refractivity contribution in [2.24, 2.45) is 0 Å². The molecule has 0 spiro atoms. The van der Waals surface area contributed by atoms with Crippen LogP contribution in [-0.4, -0.2) is 15.0 Å². The maximum absolute atomic E-state index is 5.21. The Morgan fingerprint density at radius 1 is 0.300 bits per heavy atom. The molecule has 0 unspecified atom stereocenters. The van der Waals surface area contributed by atoms with E-state index in [1.54, 1.807) is 11.3 Å². The molecule has 3 heterocycles. The monoisotopic (exact) mass is 673 g/mol. The second-order valence-corrected chi connectivity index (χ2v) is 14.6. The van der Waals surface area contributed by atoms with Gasteiger partial charge in [0.2, 0.25) is 0 Å². The molecule has 50 heavy (non-hydrogen) atoms. The van der Waals surface area contributed by atoms with Crippen LogP contribution < -0.4 is 0 Å². The predicted octanol–water partition coefficient (Wildman–Crippen LogP) is 12.9. The van der Waals surface area contributed by atoms with E-state index in [-0.39, 0.29) is 0 Å². The van der Waals surface area contributed by atoms with E-state index in [0.29, 0.717) is 17.5 Å². The molecule has 3 aromatic heterocycles. The number of thiophene rings is 2. The molecule has 7 aromatic carbocycles. The molecular weight excluding hydrogens is 647 g/mol. The molecule has 0 amide bonds. The molecule has 5 heteroatoms. The third kappa shape index (κ3) is 4.98. The van der Waals surface area contributed by atoms with E-state index < -0.39 is 0 Å². The molecule has 0 fully saturated rings. The Bertz CT molecular complexity index is 2890. The Balaban J connectivity index is 1.16. The van der Waals surface area contributed by atoms with E-state index in [1.807, 2.05) is 11.3 Å². The second kappa shape index (κ2) is 11.8. The van der Waals surface area contributed by atoms with Crippen LogP contribution in [0.3, 0.4) is 0 Å². The van der Waals surface area contributed by atoms with Crippen LogP contribution in [0.5, 0.6) is 0 Å². The fourth-order valence-electron chi connectivity index (χ4n) is 6.89. The summed E-state index contributed by atoms with van der Waals surface area (Å²) in [6.07, 6.45) is 0. The second-order valence-electron chi connectivity index (χ2n) is 12.4. The Kier molecular flexibility index (Phi) is 6.86. The third-order valence-corrected chi connectivity index (χ3v) is 11.7. The smallest absolute Gasteiger partial charge is 0.165 e. The fourth-order valence-corrected chi connectivity index (χ4v) is 9.19. The van der Waals surface area contributed by atoms with Crippen LogP contribution in [0.4, 0.5) is 0 Å². The quantitative estimate of drug-likeness (QED) is 0.182. The summed E-state index contributed by atoms with van der Waals surface area (Å²) < 4.78 is 4.97. The minimum Gasteiger partial charge on any atom is -0.208 e. The standard InChI is InChI=1S/C45H27N3S2/c1-2-11-28(12-3-1)29-13-8-14-30(25-29)31-15-9-16-32(26-31)43-46-44(33-23-24-41-38(27-33)35-18-5-6-21-39(35)49-41)48-45(47-43)37-20-10-19-36-34-17-4-7-22-40(34)50-42(36)37/h1-27H. The first kappa shape index (κ1) is 29.0. The molecule has 3 nitrogen and oxygen atoms in total. The van der Waals surface area contributed by atoms with Crippen molar-refractivity contribution in [2.75, 3.05) is 0 Å². The van der Waals surface area contributed by atoms with Crippen molar-refractivity contribution in [2.45, 2.75) is 0 Å². The van der Waals surface area contributed by atoms with Gasteiger partial charge in [0.25, 0.3) is 0 Å². The van der Waals surface area contributed by atoms with Crippen LogP contribution >= 0.6 is 22.7 Å². The molecule has 0 atom stereocenters. The molecule has 0 N–H and O–H groups in total. The lowest BCUT2D eigenvalue weighted by Crippen LogP contribution is -2.00. The van der Waals surface area contributed by atoms with Crippen LogP contribution in [0.2, 0.25) is 0 Å². The third-order valence-electron chi connectivity index (χ3n) is 9.34. The highest BCUT2D eigenvalue weighted by atomic mass is 32.1. The molecule has 0 saturated carbocycles. The van der Waals surface area contributed by atoms with Crippen LogP contribution in [0.1, 0.15) is 0 Å². The Morgan fingerprint density at radius 2 is 0.800 bits per heavy atom. The van der Waals surface area contributed by atoms with Crippen LogP contribution in [0, 0.1) is 0 Å². The van der Waals surface area contributed by atoms with Crippen molar-refractivity contribution in [3.8, 4) is 56.4 Å². The van der Waals surface area contributed by atoms with Gasteiger partial charge in [0.15, 0.2) is 17.5 Å². The van der Waals surface area contributed by atoms with Crippen molar-refractivity contribution in [3.05, 3.63) is 164 Å². The summed E-state index contributed by atoms with van der Waals surface area (Å²) in [7, 11) is 0. The molecular formula is C45H27N3S2. The highest BCUT2D eigenvalue weighted by Gasteiger charge is 2.18. The number of rotatable bonds is 5. The normalized spacial score (nSPS) is 11.6. The number of fused-ring (bicyclic) bond motifs is 6. The summed E-state index contributed by atoms with van der Waals surface area (Å²) in [5.74, 6) is 1.99. The SMILES string of the molecule is c1ccc(-c2cccc(-c3cccc(-c4nc(-c5ccc6sc7ccccc7c6c5)nc(-c5cccc6c5sc5ccccc56)n4)c3)c2)cc1. The Hall–Kier alpha value is -6.01. The molecule has 0 aliphatic carbocycles. The average Bonchev–Trinajstić information content (AvgIpc) is 3.76. The van der Waals surface area contributed by atoms with Gasteiger partial charge in [-0.15, -0.1) is 22.7 Å². The summed E-state index contributed by atoms with van der Waals surface area (Å²) in [6.45, 7) is 0. The van der Waals surface area contributed by atoms with Crippen molar-refractivity contribution in [1.29, 1.82) is 0 Å². The van der Waals surface area contributed by atoms with Crippen molar-refractivity contribution >= 4 is 63.0 Å². The lowest BCUT2D eigenvalue weighted by molar-refractivity contribution is 1.08. The zero-order valence-electron chi connectivity index (χ0n) is 26.7. The summed E-state index contributed by atoms with van der Waals surface area (Å²) in [4.78, 5) is 15.6. The van der Waals surface area contributed by atoms with Crippen LogP contribution in [0.15, 0.2) is 164 Å². The van der Waals surface area contributed by atoms with Gasteiger partial charge in [0.05, 0.1) is 0 Å². The first-order chi connectivity index (χ1) is 24.7. The summed E-state index contributed by atoms with van der Waals surface area (Å²) in [6, 6.07) is 58.0. The minimum atomic E-state index is 0.652. The van der Waals surface area contributed by atoms with E-state index in [0.717, 1.165) is 27.8 Å². The van der Waals surface area contributed by atoms with Gasteiger partial charge in [0, 0.05) is 57.0 Å². The van der Waals surface area contributed by atoms with E-state index >= 15 is 0 Å². The van der Waals surface area contributed by atoms with Crippen LogP contribution in [0.25, 0.3) is 96.8 Å². The van der Waals surface area contributed by atoms with Crippen molar-refractivity contribution in [1.82, 2.24) is 15.0 Å². The summed E-state index contributed by atoms with van der Waals surface area (Å²) in [5, 5.41) is 4.95. The van der Waals surface area contributed by atoms with Crippen LogP contribution in [-0.2, 0) is 0 Å². The molecule has 10 rings (SSSR count). The number of benzene rings is 7. The van der Waals surface area contributed by atoms with Gasteiger partial charge in [-0.25, -0.2) is 15.0 Å². The van der Waals surface area contributed by atoms with E-state index in [2.05, 4.69) is 164 Å². The number of hydrogen-bond acceptors (Lipinski definition) is 5. The molecule has 0 bridgehead atoms. The molecule has 234 valence electrons.